The number of hydrogen-bond donors (Lipinski definition) is 0. The van der Waals surface area contributed by atoms with Crippen LogP contribution in [0.2, 0.25) is 0 Å². The van der Waals surface area contributed by atoms with E-state index < -0.39 is 0 Å². The van der Waals surface area contributed by atoms with Crippen molar-refractivity contribution in [1.82, 2.24) is 4.58 Å². The molecule has 0 bridgehead atoms. The monoisotopic (exact) mass is 121 g/mol. The van der Waals surface area contributed by atoms with E-state index in [2.05, 4.69) is 4.84 Å². The molecule has 0 aromatic carbocycles. The zero-order chi connectivity index (χ0) is 5.28. The Morgan fingerprint density at radius 3 is 2.43 bits per heavy atom. The molecule has 1 saturated carbocycles. The van der Waals surface area contributed by atoms with Gasteiger partial charge in [-0.1, -0.05) is 4.58 Å². The van der Waals surface area contributed by atoms with Crippen LogP contribution in [0.15, 0.2) is 0 Å². The van der Waals surface area contributed by atoms with Crippen LogP contribution in [0.3, 0.4) is 0 Å². The lowest BCUT2D eigenvalue weighted by Gasteiger charge is -2.05. The van der Waals surface area contributed by atoms with E-state index in [1.807, 2.05) is 0 Å². The molecule has 0 spiro atoms. The van der Waals surface area contributed by atoms with Crippen molar-refractivity contribution in [3.8, 4) is 0 Å². The molecule has 0 aliphatic heterocycles. The Morgan fingerprint density at radius 1 is 1.71 bits per heavy atom. The summed E-state index contributed by atoms with van der Waals surface area (Å²) in [6, 6.07) is 0.492. The molecule has 0 heterocycles. The first-order valence-corrected chi connectivity index (χ1v) is 2.67. The summed E-state index contributed by atoms with van der Waals surface area (Å²) < 4.78 is 1.38. The first-order valence-electron chi connectivity index (χ1n) is 2.33. The molecule has 0 aromatic rings. The molecule has 1 aliphatic rings. The molecule has 0 amide bonds. The van der Waals surface area contributed by atoms with Gasteiger partial charge in [0, 0.05) is 11.8 Å². The Kier molecular flexibility index (Phi) is 1.52. The summed E-state index contributed by atoms with van der Waals surface area (Å²) in [5, 5.41) is 0. The second-order valence-electron chi connectivity index (χ2n) is 1.69. The largest absolute Gasteiger partial charge is 0.287 e. The molecule has 0 unspecified atom stereocenters. The maximum Gasteiger partial charge on any atom is 0.0590 e. The smallest absolute Gasteiger partial charge is 0.0590 e. The number of hydroxylamine groups is 1. The Bertz CT molecular complexity index is 64.7. The van der Waals surface area contributed by atoms with E-state index in [1.165, 1.54) is 17.4 Å². The molecular weight excluding hydrogens is 114 g/mol. The third-order valence-electron chi connectivity index (χ3n) is 1.01. The van der Waals surface area contributed by atoms with Gasteiger partial charge in [0.1, 0.15) is 0 Å². The van der Waals surface area contributed by atoms with Crippen molar-refractivity contribution in [2.75, 3.05) is 7.11 Å². The lowest BCUT2D eigenvalue weighted by atomic mass is 10.8. The van der Waals surface area contributed by atoms with Gasteiger partial charge in [-0.05, 0) is 12.8 Å². The first-order chi connectivity index (χ1) is 3.34. The van der Waals surface area contributed by atoms with Crippen molar-refractivity contribution in [1.29, 1.82) is 0 Å². The predicted octanol–water partition coefficient (Wildman–Crippen LogP) is 1.17. The predicted molar refractivity (Wildman–Crippen MR) is 27.7 cm³/mol. The summed E-state index contributed by atoms with van der Waals surface area (Å²) in [6.07, 6.45) is 2.36. The van der Waals surface area contributed by atoms with Crippen LogP contribution in [-0.2, 0) is 4.84 Å². The Labute approximate surface area is 48.1 Å². The molecule has 0 aromatic heterocycles. The fourth-order valence-electron chi connectivity index (χ4n) is 0.427. The molecule has 3 heteroatoms. The van der Waals surface area contributed by atoms with E-state index >= 15 is 0 Å². The maximum absolute atomic E-state index is 5.47. The summed E-state index contributed by atoms with van der Waals surface area (Å²) in [6.45, 7) is 0. The summed E-state index contributed by atoms with van der Waals surface area (Å²) in [7, 11) is 1.57. The van der Waals surface area contributed by atoms with Gasteiger partial charge in [0.2, 0.25) is 0 Å². The summed E-state index contributed by atoms with van der Waals surface area (Å²) >= 11 is 5.47. The molecule has 0 radical (unpaired) electrons. The van der Waals surface area contributed by atoms with Crippen molar-refractivity contribution in [2.45, 2.75) is 18.9 Å². The van der Waals surface area contributed by atoms with Crippen LogP contribution in [0.1, 0.15) is 12.8 Å². The summed E-state index contributed by atoms with van der Waals surface area (Å²) in [5.41, 5.74) is 0. The Balaban J connectivity index is 2.10. The molecule has 1 aliphatic carbocycles. The van der Waals surface area contributed by atoms with E-state index in [0.717, 1.165) is 0 Å². The molecule has 0 saturated heterocycles. The van der Waals surface area contributed by atoms with Gasteiger partial charge in [-0.15, -0.1) is 0 Å². The van der Waals surface area contributed by atoms with Crippen molar-refractivity contribution in [2.24, 2.45) is 0 Å². The molecule has 7 heavy (non-hydrogen) atoms. The minimum Gasteiger partial charge on any atom is -0.287 e. The van der Waals surface area contributed by atoms with E-state index in [1.54, 1.807) is 7.11 Å². The van der Waals surface area contributed by atoms with E-state index in [0.29, 0.717) is 6.04 Å². The minimum atomic E-state index is 0.492. The molecule has 0 atom stereocenters. The fourth-order valence-corrected chi connectivity index (χ4v) is 0.622. The topological polar surface area (TPSA) is 12.5 Å². The zero-order valence-electron chi connectivity index (χ0n) is 4.22. The fraction of sp³-hybridized carbons (Fsp3) is 1.00. The van der Waals surface area contributed by atoms with Gasteiger partial charge < -0.3 is 0 Å². The molecular formula is C4H8ClNO. The highest BCUT2D eigenvalue weighted by Gasteiger charge is 2.28. The molecule has 0 N–H and O–H groups in total. The van der Waals surface area contributed by atoms with E-state index in [4.69, 9.17) is 11.8 Å². The average Bonchev–Trinajstić information content (AvgIpc) is 2.44. The highest BCUT2D eigenvalue weighted by molar-refractivity contribution is 6.12. The third kappa shape index (κ3) is 1.30. The van der Waals surface area contributed by atoms with Gasteiger partial charge >= 0.3 is 0 Å². The summed E-state index contributed by atoms with van der Waals surface area (Å²) in [5.74, 6) is 0. The molecule has 42 valence electrons. The second-order valence-corrected chi connectivity index (χ2v) is 2.02. The van der Waals surface area contributed by atoms with Crippen LogP contribution in [0.25, 0.3) is 0 Å². The molecule has 2 nitrogen and oxygen atoms in total. The third-order valence-corrected chi connectivity index (χ3v) is 1.42. The maximum atomic E-state index is 5.47. The van der Waals surface area contributed by atoms with Crippen molar-refractivity contribution < 1.29 is 4.84 Å². The quantitative estimate of drug-likeness (QED) is 0.402. The van der Waals surface area contributed by atoms with Crippen LogP contribution in [0.5, 0.6) is 0 Å². The second kappa shape index (κ2) is 1.99. The minimum absolute atomic E-state index is 0.492. The van der Waals surface area contributed by atoms with Gasteiger partial charge in [0.05, 0.1) is 13.2 Å². The number of nitrogens with zero attached hydrogens (tertiary/aromatic N) is 1. The normalized spacial score (nSPS) is 21.0. The van der Waals surface area contributed by atoms with Gasteiger partial charge in [-0.3, -0.25) is 4.84 Å². The lowest BCUT2D eigenvalue weighted by molar-refractivity contribution is -0.0545. The highest BCUT2D eigenvalue weighted by atomic mass is 35.5. The summed E-state index contributed by atoms with van der Waals surface area (Å²) in [4.78, 5) is 4.67. The van der Waals surface area contributed by atoms with Crippen molar-refractivity contribution in [3.05, 3.63) is 0 Å². The number of halogens is 1. The van der Waals surface area contributed by atoms with Crippen LogP contribution < -0.4 is 0 Å². The molecule has 1 fully saturated rings. The first kappa shape index (κ1) is 5.35. The van der Waals surface area contributed by atoms with Crippen molar-refractivity contribution in [3.63, 3.8) is 0 Å². The van der Waals surface area contributed by atoms with Crippen LogP contribution in [-0.4, -0.2) is 17.7 Å². The van der Waals surface area contributed by atoms with Gasteiger partial charge in [0.25, 0.3) is 0 Å². The Hall–Kier alpha value is 0.210. The van der Waals surface area contributed by atoms with Crippen molar-refractivity contribution >= 4 is 11.8 Å². The van der Waals surface area contributed by atoms with Gasteiger partial charge in [-0.2, -0.15) is 0 Å². The van der Waals surface area contributed by atoms with Crippen LogP contribution in [0.4, 0.5) is 0 Å². The van der Waals surface area contributed by atoms with Gasteiger partial charge in [0.15, 0.2) is 0 Å². The number of rotatable bonds is 2. The standard InChI is InChI=1S/C4H8ClNO/c1-7-6(5)4-2-3-4/h4H,2-3H2,1H3. The Morgan fingerprint density at radius 2 is 2.29 bits per heavy atom. The van der Waals surface area contributed by atoms with E-state index in [-0.39, 0.29) is 0 Å². The van der Waals surface area contributed by atoms with Crippen LogP contribution >= 0.6 is 11.8 Å². The number of hydrogen-bond acceptors (Lipinski definition) is 2. The van der Waals surface area contributed by atoms with E-state index in [9.17, 15) is 0 Å². The highest BCUT2D eigenvalue weighted by Crippen LogP contribution is 2.27. The van der Waals surface area contributed by atoms with Crippen LogP contribution in [0, 0.1) is 0 Å². The lowest BCUT2D eigenvalue weighted by Crippen LogP contribution is -2.11. The zero-order valence-corrected chi connectivity index (χ0v) is 4.98. The SMILES string of the molecule is CON(Cl)C1CC1. The average molecular weight is 122 g/mol. The van der Waals surface area contributed by atoms with Gasteiger partial charge in [-0.25, -0.2) is 0 Å². The molecule has 1 rings (SSSR count).